The van der Waals surface area contributed by atoms with Crippen LogP contribution < -0.4 is 5.32 Å². The first kappa shape index (κ1) is 13.9. The highest BCUT2D eigenvalue weighted by Gasteiger charge is 2.39. The van der Waals surface area contributed by atoms with Gasteiger partial charge in [-0.15, -0.1) is 0 Å². The molecular weight excluding hydrogens is 298 g/mol. The van der Waals surface area contributed by atoms with Crippen LogP contribution in [0.3, 0.4) is 0 Å². The fourth-order valence-corrected chi connectivity index (χ4v) is 3.87. The molecule has 0 spiro atoms. The Morgan fingerprint density at radius 3 is 2.95 bits per heavy atom. The molecule has 3 nitrogen and oxygen atoms in total. The highest BCUT2D eigenvalue weighted by molar-refractivity contribution is 6.30. The molecule has 2 N–H and O–H groups in total. The Morgan fingerprint density at radius 1 is 1.18 bits per heavy atom. The van der Waals surface area contributed by atoms with Gasteiger partial charge in [-0.25, -0.2) is 0 Å². The minimum absolute atomic E-state index is 0.0658. The van der Waals surface area contributed by atoms with E-state index in [4.69, 9.17) is 16.3 Å². The van der Waals surface area contributed by atoms with Crippen LogP contribution in [0.1, 0.15) is 36.1 Å². The van der Waals surface area contributed by atoms with E-state index in [2.05, 4.69) is 11.4 Å². The van der Waals surface area contributed by atoms with E-state index < -0.39 is 0 Å². The summed E-state index contributed by atoms with van der Waals surface area (Å²) in [5.74, 6) is 0.649. The van der Waals surface area contributed by atoms with Crippen molar-refractivity contribution in [2.75, 3.05) is 11.9 Å². The van der Waals surface area contributed by atoms with Gasteiger partial charge in [-0.3, -0.25) is 0 Å². The Bertz CT molecular complexity index is 703. The van der Waals surface area contributed by atoms with Crippen LogP contribution in [0.25, 0.3) is 0 Å². The smallest absolute Gasteiger partial charge is 0.115 e. The van der Waals surface area contributed by atoms with E-state index in [1.807, 2.05) is 30.3 Å². The molecule has 3 atom stereocenters. The van der Waals surface area contributed by atoms with Crippen molar-refractivity contribution in [2.24, 2.45) is 5.92 Å². The maximum absolute atomic E-state index is 9.79. The molecule has 2 aliphatic rings. The van der Waals surface area contributed by atoms with Gasteiger partial charge in [0.2, 0.25) is 0 Å². The molecule has 2 heterocycles. The lowest BCUT2D eigenvalue weighted by molar-refractivity contribution is -0.0381. The second-order valence-electron chi connectivity index (χ2n) is 6.05. The molecule has 4 heteroatoms. The SMILES string of the molecule is Oc1cccc([C@H]2Nc3ccc(Cl)cc3[C@H]3OCCC[C@@H]23)c1. The molecule has 4 rings (SSSR count). The number of hydrogen-bond donors (Lipinski definition) is 2. The molecule has 1 saturated heterocycles. The zero-order valence-corrected chi connectivity index (χ0v) is 12.9. The quantitative estimate of drug-likeness (QED) is 0.803. The van der Waals surface area contributed by atoms with Gasteiger partial charge in [0.15, 0.2) is 0 Å². The zero-order valence-electron chi connectivity index (χ0n) is 12.1. The molecule has 0 bridgehead atoms. The van der Waals surface area contributed by atoms with Gasteiger partial charge in [-0.2, -0.15) is 0 Å². The molecule has 0 aliphatic carbocycles. The summed E-state index contributed by atoms with van der Waals surface area (Å²) in [4.78, 5) is 0. The number of nitrogens with one attached hydrogen (secondary N) is 1. The van der Waals surface area contributed by atoms with Gasteiger partial charge in [0, 0.05) is 28.8 Å². The largest absolute Gasteiger partial charge is 0.508 e. The summed E-state index contributed by atoms with van der Waals surface area (Å²) >= 11 is 6.17. The lowest BCUT2D eigenvalue weighted by Gasteiger charge is -2.43. The second kappa shape index (κ2) is 5.49. The van der Waals surface area contributed by atoms with Crippen LogP contribution in [-0.4, -0.2) is 11.7 Å². The summed E-state index contributed by atoms with van der Waals surface area (Å²) in [6.45, 7) is 0.792. The van der Waals surface area contributed by atoms with Gasteiger partial charge in [0.1, 0.15) is 5.75 Å². The number of rotatable bonds is 1. The van der Waals surface area contributed by atoms with Gasteiger partial charge in [-0.1, -0.05) is 23.7 Å². The number of phenolic OH excluding ortho intramolecular Hbond substituents is 1. The van der Waals surface area contributed by atoms with E-state index in [0.717, 1.165) is 41.3 Å². The molecule has 2 aliphatic heterocycles. The van der Waals surface area contributed by atoms with Crippen molar-refractivity contribution in [3.63, 3.8) is 0 Å². The van der Waals surface area contributed by atoms with E-state index in [0.29, 0.717) is 11.7 Å². The molecule has 114 valence electrons. The van der Waals surface area contributed by atoms with E-state index in [1.165, 1.54) is 0 Å². The fraction of sp³-hybridized carbons (Fsp3) is 0.333. The fourth-order valence-electron chi connectivity index (χ4n) is 3.69. The Morgan fingerprint density at radius 2 is 2.09 bits per heavy atom. The maximum atomic E-state index is 9.79. The summed E-state index contributed by atoms with van der Waals surface area (Å²) in [6, 6.07) is 13.6. The van der Waals surface area contributed by atoms with Crippen LogP contribution in [0.5, 0.6) is 5.75 Å². The minimum Gasteiger partial charge on any atom is -0.508 e. The number of anilines is 1. The molecule has 22 heavy (non-hydrogen) atoms. The number of hydrogen-bond acceptors (Lipinski definition) is 3. The number of aromatic hydroxyl groups is 1. The number of fused-ring (bicyclic) bond motifs is 3. The average molecular weight is 316 g/mol. The van der Waals surface area contributed by atoms with Gasteiger partial charge in [0.05, 0.1) is 12.1 Å². The molecule has 0 radical (unpaired) electrons. The minimum atomic E-state index is 0.0658. The van der Waals surface area contributed by atoms with Crippen molar-refractivity contribution < 1.29 is 9.84 Å². The van der Waals surface area contributed by atoms with E-state index in [1.54, 1.807) is 6.07 Å². The third-order valence-corrected chi connectivity index (χ3v) is 4.89. The summed E-state index contributed by atoms with van der Waals surface area (Å²) < 4.78 is 6.08. The Kier molecular flexibility index (Phi) is 3.47. The molecule has 1 fully saturated rings. The third-order valence-electron chi connectivity index (χ3n) is 4.66. The maximum Gasteiger partial charge on any atom is 0.115 e. The second-order valence-corrected chi connectivity index (χ2v) is 6.48. The molecular formula is C18H18ClNO2. The molecule has 0 saturated carbocycles. The predicted molar refractivity (Wildman–Crippen MR) is 87.3 cm³/mol. The van der Waals surface area contributed by atoms with Crippen molar-refractivity contribution in [3.8, 4) is 5.75 Å². The summed E-state index contributed by atoms with van der Waals surface area (Å²) in [5, 5.41) is 14.2. The lowest BCUT2D eigenvalue weighted by atomic mass is 9.77. The van der Waals surface area contributed by atoms with Crippen LogP contribution in [0.2, 0.25) is 5.02 Å². The molecule has 0 aromatic heterocycles. The van der Waals surface area contributed by atoms with E-state index in [-0.39, 0.29) is 12.1 Å². The monoisotopic (exact) mass is 315 g/mol. The molecule has 2 aromatic rings. The predicted octanol–water partition coefficient (Wildman–Crippen LogP) is 4.68. The Balaban J connectivity index is 1.79. The van der Waals surface area contributed by atoms with Crippen molar-refractivity contribution in [3.05, 3.63) is 58.6 Å². The highest BCUT2D eigenvalue weighted by atomic mass is 35.5. The first-order valence-electron chi connectivity index (χ1n) is 7.69. The van der Waals surface area contributed by atoms with Crippen molar-refractivity contribution in [1.82, 2.24) is 0 Å². The first-order valence-corrected chi connectivity index (χ1v) is 8.07. The standard InChI is InChI=1S/C18H18ClNO2/c19-12-6-7-16-15(10-12)18-14(5-2-8-22-18)17(20-16)11-3-1-4-13(21)9-11/h1,3-4,6-7,9-10,14,17-18,20-21H,2,5,8H2/t14-,17+,18-/m0/s1. The number of ether oxygens (including phenoxy) is 1. The van der Waals surface area contributed by atoms with Crippen LogP contribution in [0, 0.1) is 5.92 Å². The summed E-state index contributed by atoms with van der Waals surface area (Å²) in [7, 11) is 0. The van der Waals surface area contributed by atoms with E-state index in [9.17, 15) is 5.11 Å². The topological polar surface area (TPSA) is 41.5 Å². The van der Waals surface area contributed by atoms with E-state index >= 15 is 0 Å². The van der Waals surface area contributed by atoms with Crippen LogP contribution >= 0.6 is 11.6 Å². The van der Waals surface area contributed by atoms with Crippen molar-refractivity contribution in [2.45, 2.75) is 25.0 Å². The normalized spacial score (nSPS) is 26.7. The van der Waals surface area contributed by atoms with Gasteiger partial charge >= 0.3 is 0 Å². The molecule has 0 unspecified atom stereocenters. The zero-order chi connectivity index (χ0) is 15.1. The third kappa shape index (κ3) is 2.34. The van der Waals surface area contributed by atoms with Gasteiger partial charge in [0.25, 0.3) is 0 Å². The summed E-state index contributed by atoms with van der Waals surface area (Å²) in [5.41, 5.74) is 3.32. The Hall–Kier alpha value is -1.71. The number of phenols is 1. The van der Waals surface area contributed by atoms with Crippen LogP contribution in [0.15, 0.2) is 42.5 Å². The van der Waals surface area contributed by atoms with Crippen LogP contribution in [-0.2, 0) is 4.74 Å². The van der Waals surface area contributed by atoms with Crippen molar-refractivity contribution in [1.29, 1.82) is 0 Å². The lowest BCUT2D eigenvalue weighted by Crippen LogP contribution is -2.35. The first-order chi connectivity index (χ1) is 10.7. The molecule has 0 amide bonds. The van der Waals surface area contributed by atoms with Crippen LogP contribution in [0.4, 0.5) is 5.69 Å². The van der Waals surface area contributed by atoms with Gasteiger partial charge < -0.3 is 15.2 Å². The highest BCUT2D eigenvalue weighted by Crippen LogP contribution is 2.49. The van der Waals surface area contributed by atoms with Gasteiger partial charge in [-0.05, 0) is 48.7 Å². The average Bonchev–Trinajstić information content (AvgIpc) is 2.54. The van der Waals surface area contributed by atoms with Crippen molar-refractivity contribution >= 4 is 17.3 Å². The summed E-state index contributed by atoms with van der Waals surface area (Å²) in [6.07, 6.45) is 2.23. The number of halogens is 1. The number of benzene rings is 2. The molecule has 2 aromatic carbocycles. The Labute approximate surface area is 134 Å².